The second kappa shape index (κ2) is 5.89. The van der Waals surface area contributed by atoms with E-state index in [1.807, 2.05) is 6.07 Å². The van der Waals surface area contributed by atoms with Crippen molar-refractivity contribution in [1.29, 1.82) is 0 Å². The molecule has 1 unspecified atom stereocenters. The molecular weight excluding hydrogens is 241 g/mol. The molecule has 100 valence electrons. The van der Waals surface area contributed by atoms with Crippen LogP contribution in [-0.4, -0.2) is 16.5 Å². The lowest BCUT2D eigenvalue weighted by molar-refractivity contribution is 0.483. The van der Waals surface area contributed by atoms with Gasteiger partial charge in [-0.15, -0.1) is 0 Å². The van der Waals surface area contributed by atoms with Crippen LogP contribution in [0.2, 0.25) is 0 Å². The van der Waals surface area contributed by atoms with Crippen LogP contribution in [0.1, 0.15) is 25.6 Å². The van der Waals surface area contributed by atoms with Crippen LogP contribution in [0.3, 0.4) is 0 Å². The molecule has 4 heteroatoms. The molecule has 2 rings (SSSR count). The van der Waals surface area contributed by atoms with E-state index in [1.54, 1.807) is 18.3 Å². The average Bonchev–Trinajstić information content (AvgIpc) is 2.40. The fourth-order valence-corrected chi connectivity index (χ4v) is 2.01. The summed E-state index contributed by atoms with van der Waals surface area (Å²) >= 11 is 0. The van der Waals surface area contributed by atoms with E-state index in [4.69, 9.17) is 5.73 Å². The largest absolute Gasteiger partial charge is 0.330 e. The first-order valence-corrected chi connectivity index (χ1v) is 6.40. The number of aromatic nitrogens is 2. The van der Waals surface area contributed by atoms with Crippen LogP contribution in [0.25, 0.3) is 11.3 Å². The molecule has 2 N–H and O–H groups in total. The Balaban J connectivity index is 2.36. The molecule has 0 spiro atoms. The number of benzene rings is 1. The summed E-state index contributed by atoms with van der Waals surface area (Å²) in [5.74, 6) is 1.02. The van der Waals surface area contributed by atoms with Gasteiger partial charge in [0.15, 0.2) is 0 Å². The topological polar surface area (TPSA) is 51.8 Å². The van der Waals surface area contributed by atoms with Crippen molar-refractivity contribution in [2.45, 2.75) is 19.8 Å². The Hall–Kier alpha value is -1.81. The van der Waals surface area contributed by atoms with Gasteiger partial charge in [-0.05, 0) is 36.2 Å². The van der Waals surface area contributed by atoms with Gasteiger partial charge in [-0.1, -0.05) is 13.8 Å². The third-order valence-corrected chi connectivity index (χ3v) is 3.20. The maximum atomic E-state index is 12.9. The van der Waals surface area contributed by atoms with Gasteiger partial charge in [-0.2, -0.15) is 0 Å². The number of nitrogens with two attached hydrogens (primary N) is 1. The summed E-state index contributed by atoms with van der Waals surface area (Å²) in [5.41, 5.74) is 7.46. The van der Waals surface area contributed by atoms with Crippen molar-refractivity contribution in [3.05, 3.63) is 48.2 Å². The van der Waals surface area contributed by atoms with Crippen LogP contribution in [-0.2, 0) is 0 Å². The van der Waals surface area contributed by atoms with Gasteiger partial charge < -0.3 is 5.73 Å². The highest BCUT2D eigenvalue weighted by molar-refractivity contribution is 5.58. The molecular formula is C15H18FN3. The fourth-order valence-electron chi connectivity index (χ4n) is 2.01. The number of hydrogen-bond acceptors (Lipinski definition) is 3. The van der Waals surface area contributed by atoms with Gasteiger partial charge in [-0.25, -0.2) is 14.4 Å². The van der Waals surface area contributed by atoms with E-state index >= 15 is 0 Å². The van der Waals surface area contributed by atoms with Gasteiger partial charge in [0, 0.05) is 24.2 Å². The molecule has 1 heterocycles. The maximum absolute atomic E-state index is 12.9. The first kappa shape index (κ1) is 13.6. The molecule has 3 nitrogen and oxygen atoms in total. The van der Waals surface area contributed by atoms with Gasteiger partial charge in [-0.3, -0.25) is 0 Å². The Morgan fingerprint density at radius 1 is 1.16 bits per heavy atom. The molecule has 1 aromatic heterocycles. The third kappa shape index (κ3) is 3.15. The smallest absolute Gasteiger partial charge is 0.133 e. The molecule has 0 saturated heterocycles. The molecule has 0 saturated carbocycles. The lowest BCUT2D eigenvalue weighted by Crippen LogP contribution is -2.20. The second-order valence-corrected chi connectivity index (χ2v) is 4.89. The lowest BCUT2D eigenvalue weighted by Gasteiger charge is -2.17. The first-order chi connectivity index (χ1) is 9.11. The molecule has 0 radical (unpaired) electrons. The molecule has 0 bridgehead atoms. The Morgan fingerprint density at radius 2 is 1.84 bits per heavy atom. The van der Waals surface area contributed by atoms with Gasteiger partial charge in [0.25, 0.3) is 0 Å². The zero-order valence-corrected chi connectivity index (χ0v) is 11.2. The predicted octanol–water partition coefficient (Wildman–Crippen LogP) is 2.98. The van der Waals surface area contributed by atoms with E-state index in [0.29, 0.717) is 12.5 Å². The van der Waals surface area contributed by atoms with Crippen molar-refractivity contribution in [2.24, 2.45) is 11.7 Å². The van der Waals surface area contributed by atoms with E-state index in [2.05, 4.69) is 23.8 Å². The van der Waals surface area contributed by atoms with Crippen LogP contribution in [0.4, 0.5) is 4.39 Å². The molecule has 0 fully saturated rings. The Labute approximate surface area is 112 Å². The van der Waals surface area contributed by atoms with E-state index in [0.717, 1.165) is 17.1 Å². The average molecular weight is 259 g/mol. The van der Waals surface area contributed by atoms with E-state index in [1.165, 1.54) is 12.1 Å². The minimum Gasteiger partial charge on any atom is -0.330 e. The van der Waals surface area contributed by atoms with Gasteiger partial charge >= 0.3 is 0 Å². The first-order valence-electron chi connectivity index (χ1n) is 6.40. The zero-order valence-electron chi connectivity index (χ0n) is 11.2. The van der Waals surface area contributed by atoms with Crippen LogP contribution in [0, 0.1) is 11.7 Å². The standard InChI is InChI=1S/C15H18FN3/c1-10(2)13(9-17)15-18-8-7-14(19-15)11-3-5-12(16)6-4-11/h3-8,10,13H,9,17H2,1-2H3. The molecule has 2 aromatic rings. The molecule has 1 atom stereocenters. The van der Waals surface area contributed by atoms with Crippen LogP contribution < -0.4 is 5.73 Å². The Bertz CT molecular complexity index is 537. The quantitative estimate of drug-likeness (QED) is 0.918. The molecule has 0 aliphatic heterocycles. The molecule has 0 aliphatic rings. The maximum Gasteiger partial charge on any atom is 0.133 e. The monoisotopic (exact) mass is 259 g/mol. The normalized spacial score (nSPS) is 12.7. The van der Waals surface area contributed by atoms with Crippen molar-refractivity contribution in [3.63, 3.8) is 0 Å². The Kier molecular flexibility index (Phi) is 4.22. The summed E-state index contributed by atoms with van der Waals surface area (Å²) in [5, 5.41) is 0. The number of rotatable bonds is 4. The van der Waals surface area contributed by atoms with Gasteiger partial charge in [0.1, 0.15) is 11.6 Å². The van der Waals surface area contributed by atoms with Crippen LogP contribution >= 0.6 is 0 Å². The zero-order chi connectivity index (χ0) is 13.8. The summed E-state index contributed by atoms with van der Waals surface area (Å²) < 4.78 is 12.9. The van der Waals surface area contributed by atoms with Crippen molar-refractivity contribution in [1.82, 2.24) is 9.97 Å². The summed E-state index contributed by atoms with van der Waals surface area (Å²) in [7, 11) is 0. The SMILES string of the molecule is CC(C)C(CN)c1nccc(-c2ccc(F)cc2)n1. The van der Waals surface area contributed by atoms with Crippen molar-refractivity contribution < 1.29 is 4.39 Å². The van der Waals surface area contributed by atoms with Crippen molar-refractivity contribution in [2.75, 3.05) is 6.54 Å². The van der Waals surface area contributed by atoms with E-state index < -0.39 is 0 Å². The van der Waals surface area contributed by atoms with Crippen LogP contribution in [0.15, 0.2) is 36.5 Å². The minimum absolute atomic E-state index is 0.139. The van der Waals surface area contributed by atoms with Gasteiger partial charge in [0.2, 0.25) is 0 Å². The Morgan fingerprint density at radius 3 is 2.42 bits per heavy atom. The summed E-state index contributed by atoms with van der Waals surface area (Å²) in [6.07, 6.45) is 1.73. The molecule has 0 aliphatic carbocycles. The number of halogens is 1. The highest BCUT2D eigenvalue weighted by Gasteiger charge is 2.17. The summed E-state index contributed by atoms with van der Waals surface area (Å²) in [6, 6.07) is 8.12. The fraction of sp³-hybridized carbons (Fsp3) is 0.333. The highest BCUT2D eigenvalue weighted by Crippen LogP contribution is 2.23. The summed E-state index contributed by atoms with van der Waals surface area (Å²) in [6.45, 7) is 4.72. The predicted molar refractivity (Wildman–Crippen MR) is 74.1 cm³/mol. The van der Waals surface area contributed by atoms with E-state index in [9.17, 15) is 4.39 Å². The highest BCUT2D eigenvalue weighted by atomic mass is 19.1. The second-order valence-electron chi connectivity index (χ2n) is 4.89. The lowest BCUT2D eigenvalue weighted by atomic mass is 9.95. The minimum atomic E-state index is -0.250. The molecule has 0 amide bonds. The van der Waals surface area contributed by atoms with Crippen molar-refractivity contribution >= 4 is 0 Å². The van der Waals surface area contributed by atoms with Crippen molar-refractivity contribution in [3.8, 4) is 11.3 Å². The van der Waals surface area contributed by atoms with E-state index in [-0.39, 0.29) is 11.7 Å². The molecule has 1 aromatic carbocycles. The third-order valence-electron chi connectivity index (χ3n) is 3.20. The number of nitrogens with zero attached hydrogens (tertiary/aromatic N) is 2. The van der Waals surface area contributed by atoms with Crippen LogP contribution in [0.5, 0.6) is 0 Å². The van der Waals surface area contributed by atoms with Gasteiger partial charge in [0.05, 0.1) is 5.69 Å². The summed E-state index contributed by atoms with van der Waals surface area (Å²) in [4.78, 5) is 8.86. The number of hydrogen-bond donors (Lipinski definition) is 1. The molecule has 19 heavy (non-hydrogen) atoms.